The molecule has 2 bridgehead atoms. The van der Waals surface area contributed by atoms with E-state index in [0.29, 0.717) is 30.6 Å². The van der Waals surface area contributed by atoms with Crippen molar-refractivity contribution in [1.29, 1.82) is 0 Å². The molecule has 3 heterocycles. The fourth-order valence-corrected chi connectivity index (χ4v) is 4.01. The lowest BCUT2D eigenvalue weighted by atomic mass is 9.94. The van der Waals surface area contributed by atoms with Crippen LogP contribution in [-0.2, 0) is 17.5 Å². The van der Waals surface area contributed by atoms with Crippen LogP contribution >= 0.6 is 0 Å². The summed E-state index contributed by atoms with van der Waals surface area (Å²) < 4.78 is 38.8. The second-order valence-corrected chi connectivity index (χ2v) is 7.71. The number of rotatable bonds is 4. The minimum atomic E-state index is -4.31. The smallest absolute Gasteiger partial charge is 0.348 e. The van der Waals surface area contributed by atoms with Gasteiger partial charge in [0, 0.05) is 46.3 Å². The maximum absolute atomic E-state index is 12.9. The number of hydrogen-bond donors (Lipinski definition) is 0. The number of nitrogens with zero attached hydrogens (tertiary/aromatic N) is 3. The molecule has 0 N–H and O–H groups in total. The van der Waals surface area contributed by atoms with Crippen molar-refractivity contribution in [2.75, 3.05) is 40.3 Å². The summed E-state index contributed by atoms with van der Waals surface area (Å²) in [5.41, 5.74) is 0.108. The number of halogens is 3. The molecule has 0 spiro atoms. The first-order chi connectivity index (χ1) is 12.2. The number of likely N-dealkylation sites (N-methyl/N-ethyl adjacent to an activating group) is 1. The van der Waals surface area contributed by atoms with E-state index in [1.807, 2.05) is 0 Å². The summed E-state index contributed by atoms with van der Waals surface area (Å²) in [4.78, 5) is 18.1. The van der Waals surface area contributed by atoms with Gasteiger partial charge >= 0.3 is 6.18 Å². The Balaban J connectivity index is 1.68. The molecule has 3 saturated heterocycles. The van der Waals surface area contributed by atoms with Crippen molar-refractivity contribution in [3.63, 3.8) is 0 Å². The first-order valence-electron chi connectivity index (χ1n) is 9.05. The number of fused-ring (bicyclic) bond motifs is 4. The maximum atomic E-state index is 12.9. The quantitative estimate of drug-likeness (QED) is 0.817. The van der Waals surface area contributed by atoms with Crippen LogP contribution in [0.4, 0.5) is 13.2 Å². The molecule has 26 heavy (non-hydrogen) atoms. The third kappa shape index (κ3) is 4.57. The van der Waals surface area contributed by atoms with Crippen LogP contribution < -0.4 is 0 Å². The fraction of sp³-hybridized carbons (Fsp3) is 0.632. The molecule has 0 aromatic heterocycles. The Bertz CT molecular complexity index is 647. The van der Waals surface area contributed by atoms with Crippen LogP contribution in [0.2, 0.25) is 0 Å². The largest absolute Gasteiger partial charge is 0.416 e. The van der Waals surface area contributed by atoms with E-state index in [1.54, 1.807) is 25.1 Å². The van der Waals surface area contributed by atoms with Crippen molar-refractivity contribution in [2.45, 2.75) is 31.6 Å². The summed E-state index contributed by atoms with van der Waals surface area (Å²) in [6, 6.07) is 5.91. The van der Waals surface area contributed by atoms with Crippen molar-refractivity contribution >= 4 is 5.91 Å². The molecule has 1 amide bonds. The van der Waals surface area contributed by atoms with Gasteiger partial charge in [0.05, 0.1) is 12.1 Å². The average molecular weight is 369 g/mol. The summed E-state index contributed by atoms with van der Waals surface area (Å²) in [6.07, 6.45) is -2.15. The SMILES string of the molecule is CN(C)C(=O)CN1C[C@H]2CC[C@@H](C1)N(Cc1cccc(C(F)(F)F)c1)C2. The zero-order valence-electron chi connectivity index (χ0n) is 15.3. The lowest BCUT2D eigenvalue weighted by Gasteiger charge is -2.36. The molecule has 3 aliphatic rings. The number of piperidine rings is 1. The van der Waals surface area contributed by atoms with E-state index in [2.05, 4.69) is 9.80 Å². The first kappa shape index (κ1) is 19.2. The number of carbonyl (C=O) groups is 1. The van der Waals surface area contributed by atoms with E-state index in [9.17, 15) is 18.0 Å². The fourth-order valence-electron chi connectivity index (χ4n) is 4.01. The number of hydrogen-bond acceptors (Lipinski definition) is 3. The number of amides is 1. The monoisotopic (exact) mass is 369 g/mol. The van der Waals surface area contributed by atoms with Crippen molar-refractivity contribution in [2.24, 2.45) is 5.92 Å². The Morgan fingerprint density at radius 3 is 2.65 bits per heavy atom. The van der Waals surface area contributed by atoms with Crippen LogP contribution in [0.3, 0.4) is 0 Å². The van der Waals surface area contributed by atoms with Crippen LogP contribution in [0.15, 0.2) is 24.3 Å². The summed E-state index contributed by atoms with van der Waals surface area (Å²) in [6.45, 7) is 3.51. The standard InChI is InChI=1S/C19H26F3N3O/c1-23(2)18(26)13-24-9-15-6-7-17(12-24)25(11-15)10-14-4-3-5-16(8-14)19(20,21)22/h3-5,8,15,17H,6-7,9-13H2,1-2H3/t15-,17+/m1/s1. The van der Waals surface area contributed by atoms with Gasteiger partial charge in [0.1, 0.15) is 0 Å². The molecule has 2 atom stereocenters. The van der Waals surface area contributed by atoms with Gasteiger partial charge in [-0.05, 0) is 30.4 Å². The molecule has 0 radical (unpaired) electrons. The molecular weight excluding hydrogens is 343 g/mol. The average Bonchev–Trinajstić information content (AvgIpc) is 2.84. The van der Waals surface area contributed by atoms with E-state index in [0.717, 1.165) is 38.5 Å². The number of alkyl halides is 3. The molecule has 1 aromatic rings. The number of benzene rings is 1. The number of carbonyl (C=O) groups excluding carboxylic acids is 1. The molecule has 4 nitrogen and oxygen atoms in total. The summed E-state index contributed by atoms with van der Waals surface area (Å²) in [5.74, 6) is 0.560. The molecule has 0 saturated carbocycles. The topological polar surface area (TPSA) is 26.8 Å². The Kier molecular flexibility index (Phi) is 5.58. The van der Waals surface area contributed by atoms with Gasteiger partial charge < -0.3 is 4.90 Å². The molecule has 4 rings (SSSR count). The first-order valence-corrected chi connectivity index (χ1v) is 9.05. The highest BCUT2D eigenvalue weighted by molar-refractivity contribution is 5.77. The molecule has 0 aliphatic carbocycles. The molecule has 144 valence electrons. The Morgan fingerprint density at radius 1 is 1.19 bits per heavy atom. The zero-order valence-corrected chi connectivity index (χ0v) is 15.3. The van der Waals surface area contributed by atoms with Crippen molar-refractivity contribution < 1.29 is 18.0 Å². The van der Waals surface area contributed by atoms with Gasteiger partial charge in [0.2, 0.25) is 5.91 Å². The van der Waals surface area contributed by atoms with Gasteiger partial charge in [0.25, 0.3) is 0 Å². The Labute approximate surface area is 152 Å². The van der Waals surface area contributed by atoms with Gasteiger partial charge in [-0.2, -0.15) is 13.2 Å². The van der Waals surface area contributed by atoms with Crippen molar-refractivity contribution in [3.8, 4) is 0 Å². The Morgan fingerprint density at radius 2 is 1.96 bits per heavy atom. The summed E-state index contributed by atoms with van der Waals surface area (Å²) in [5, 5.41) is 0. The highest BCUT2D eigenvalue weighted by atomic mass is 19.4. The molecule has 3 aliphatic heterocycles. The van der Waals surface area contributed by atoms with Crippen LogP contribution in [0.1, 0.15) is 24.0 Å². The Hall–Kier alpha value is -1.60. The van der Waals surface area contributed by atoms with Gasteiger partial charge in [-0.25, -0.2) is 0 Å². The van der Waals surface area contributed by atoms with Gasteiger partial charge in [-0.1, -0.05) is 18.2 Å². The second kappa shape index (κ2) is 7.56. The van der Waals surface area contributed by atoms with Crippen LogP contribution in [0.5, 0.6) is 0 Å². The predicted octanol–water partition coefficient (Wildman–Crippen LogP) is 2.69. The van der Waals surface area contributed by atoms with Gasteiger partial charge in [-0.15, -0.1) is 0 Å². The van der Waals surface area contributed by atoms with Gasteiger partial charge in [0.15, 0.2) is 0 Å². The second-order valence-electron chi connectivity index (χ2n) is 7.71. The molecule has 3 fully saturated rings. The van der Waals surface area contributed by atoms with E-state index >= 15 is 0 Å². The normalized spacial score (nSPS) is 24.5. The predicted molar refractivity (Wildman–Crippen MR) is 93.5 cm³/mol. The third-order valence-corrected chi connectivity index (χ3v) is 5.40. The lowest BCUT2D eigenvalue weighted by molar-refractivity contribution is -0.137. The summed E-state index contributed by atoms with van der Waals surface area (Å²) >= 11 is 0. The van der Waals surface area contributed by atoms with Crippen LogP contribution in [0, 0.1) is 5.92 Å². The molecule has 1 aromatic carbocycles. The lowest BCUT2D eigenvalue weighted by Crippen LogP contribution is -2.44. The highest BCUT2D eigenvalue weighted by Gasteiger charge is 2.36. The van der Waals surface area contributed by atoms with Crippen LogP contribution in [-0.4, -0.2) is 66.9 Å². The highest BCUT2D eigenvalue weighted by Crippen LogP contribution is 2.32. The van der Waals surface area contributed by atoms with E-state index in [-0.39, 0.29) is 5.91 Å². The van der Waals surface area contributed by atoms with E-state index in [4.69, 9.17) is 0 Å². The maximum Gasteiger partial charge on any atom is 0.416 e. The van der Waals surface area contributed by atoms with Crippen LogP contribution in [0.25, 0.3) is 0 Å². The van der Waals surface area contributed by atoms with Gasteiger partial charge in [-0.3, -0.25) is 14.6 Å². The zero-order chi connectivity index (χ0) is 18.9. The molecular formula is C19H26F3N3O. The molecule has 7 heteroatoms. The third-order valence-electron chi connectivity index (χ3n) is 5.40. The van der Waals surface area contributed by atoms with Crippen molar-refractivity contribution in [3.05, 3.63) is 35.4 Å². The van der Waals surface area contributed by atoms with E-state index < -0.39 is 11.7 Å². The summed E-state index contributed by atoms with van der Waals surface area (Å²) in [7, 11) is 3.52. The van der Waals surface area contributed by atoms with Crippen molar-refractivity contribution in [1.82, 2.24) is 14.7 Å². The molecule has 0 unspecified atom stereocenters. The minimum absolute atomic E-state index is 0.0933. The minimum Gasteiger partial charge on any atom is -0.348 e. The van der Waals surface area contributed by atoms with E-state index in [1.165, 1.54) is 12.1 Å².